The summed E-state index contributed by atoms with van der Waals surface area (Å²) in [5.74, 6) is -1.59. The summed E-state index contributed by atoms with van der Waals surface area (Å²) in [4.78, 5) is 23.6. The maximum absolute atomic E-state index is 11.9. The van der Waals surface area contributed by atoms with E-state index in [1.807, 2.05) is 0 Å². The number of rotatable bonds is 5. The number of nitrogens with zero attached hydrogens (tertiary/aromatic N) is 1. The monoisotopic (exact) mass is 291 g/mol. The van der Waals surface area contributed by atoms with Gasteiger partial charge in [0, 0.05) is 18.2 Å². The number of thiophene rings is 1. The molecule has 0 atom stereocenters. The summed E-state index contributed by atoms with van der Waals surface area (Å²) in [6.07, 6.45) is 1.06. The number of aliphatic carboxylic acids is 1. The van der Waals surface area contributed by atoms with Gasteiger partial charge >= 0.3 is 5.97 Å². The first-order valence-corrected chi connectivity index (χ1v) is 7.82. The molecule has 0 radical (unpaired) electrons. The van der Waals surface area contributed by atoms with Crippen LogP contribution in [-0.2, 0) is 14.6 Å². The minimum atomic E-state index is -3.34. The van der Waals surface area contributed by atoms with E-state index in [0.717, 1.165) is 22.5 Å². The van der Waals surface area contributed by atoms with E-state index < -0.39 is 28.3 Å². The zero-order valence-electron chi connectivity index (χ0n) is 9.91. The van der Waals surface area contributed by atoms with E-state index in [2.05, 4.69) is 0 Å². The average Bonchev–Trinajstić information content (AvgIpc) is 2.73. The van der Waals surface area contributed by atoms with Gasteiger partial charge in [0.15, 0.2) is 9.84 Å². The fraction of sp³-hybridized carbons (Fsp3) is 0.400. The van der Waals surface area contributed by atoms with Crippen molar-refractivity contribution in [2.45, 2.75) is 11.1 Å². The summed E-state index contributed by atoms with van der Waals surface area (Å²) in [5.41, 5.74) is 0.198. The largest absolute Gasteiger partial charge is 0.480 e. The fourth-order valence-electron chi connectivity index (χ4n) is 1.30. The number of carbonyl (C=O) groups is 2. The second-order valence-corrected chi connectivity index (χ2v) is 6.79. The maximum atomic E-state index is 11.9. The van der Waals surface area contributed by atoms with Gasteiger partial charge in [0.05, 0.1) is 5.56 Å². The van der Waals surface area contributed by atoms with Crippen molar-refractivity contribution in [3.63, 3.8) is 0 Å². The normalized spacial score (nSPS) is 11.2. The molecule has 1 rings (SSSR count). The Morgan fingerprint density at radius 1 is 1.44 bits per heavy atom. The number of hydrogen-bond acceptors (Lipinski definition) is 5. The lowest BCUT2D eigenvalue weighted by atomic mass is 10.3. The van der Waals surface area contributed by atoms with Crippen LogP contribution in [-0.4, -0.2) is 49.6 Å². The van der Waals surface area contributed by atoms with Crippen LogP contribution < -0.4 is 0 Å². The van der Waals surface area contributed by atoms with Gasteiger partial charge in [-0.25, -0.2) is 8.42 Å². The van der Waals surface area contributed by atoms with Crippen molar-refractivity contribution in [1.29, 1.82) is 0 Å². The van der Waals surface area contributed by atoms with Crippen LogP contribution >= 0.6 is 11.3 Å². The number of sulfone groups is 1. The molecule has 1 aromatic rings. The van der Waals surface area contributed by atoms with Gasteiger partial charge in [0.1, 0.15) is 10.8 Å². The van der Waals surface area contributed by atoms with Crippen LogP contribution in [0.25, 0.3) is 0 Å². The second-order valence-electron chi connectivity index (χ2n) is 3.64. The van der Waals surface area contributed by atoms with Crippen molar-refractivity contribution in [2.24, 2.45) is 0 Å². The molecule has 0 fully saturated rings. The Bertz CT molecular complexity index is 561. The third-order valence-electron chi connectivity index (χ3n) is 2.18. The average molecular weight is 291 g/mol. The molecule has 0 spiro atoms. The van der Waals surface area contributed by atoms with E-state index in [0.29, 0.717) is 0 Å². The zero-order chi connectivity index (χ0) is 13.9. The number of amides is 1. The number of carboxylic acids is 1. The predicted molar refractivity (Wildman–Crippen MR) is 66.6 cm³/mol. The molecule has 1 N–H and O–H groups in total. The van der Waals surface area contributed by atoms with Crippen LogP contribution in [0.15, 0.2) is 15.7 Å². The van der Waals surface area contributed by atoms with Gasteiger partial charge in [0.2, 0.25) is 0 Å². The lowest BCUT2D eigenvalue weighted by molar-refractivity contribution is -0.137. The highest BCUT2D eigenvalue weighted by molar-refractivity contribution is 7.92. The van der Waals surface area contributed by atoms with Gasteiger partial charge in [-0.1, -0.05) is 0 Å². The quantitative estimate of drug-likeness (QED) is 0.862. The second kappa shape index (κ2) is 5.49. The Morgan fingerprint density at radius 3 is 2.44 bits per heavy atom. The standard InChI is InChI=1S/C10H13NO5S2/c1-3-11(5-8(12)13)10(14)7-4-9(17-6-7)18(2,15)16/h4,6H,3,5H2,1-2H3,(H,12,13). The number of carboxylic acid groups (broad SMARTS) is 1. The lowest BCUT2D eigenvalue weighted by Gasteiger charge is -2.17. The van der Waals surface area contributed by atoms with Crippen molar-refractivity contribution in [1.82, 2.24) is 4.90 Å². The molecule has 8 heteroatoms. The molecule has 1 amide bonds. The van der Waals surface area contributed by atoms with Crippen molar-refractivity contribution in [3.8, 4) is 0 Å². The lowest BCUT2D eigenvalue weighted by Crippen LogP contribution is -2.35. The van der Waals surface area contributed by atoms with Crippen LogP contribution in [0.2, 0.25) is 0 Å². The molecule has 6 nitrogen and oxygen atoms in total. The third-order valence-corrected chi connectivity index (χ3v) is 4.95. The van der Waals surface area contributed by atoms with E-state index in [4.69, 9.17) is 5.11 Å². The number of carbonyl (C=O) groups excluding carboxylic acids is 1. The molecule has 0 saturated heterocycles. The van der Waals surface area contributed by atoms with Crippen molar-refractivity contribution >= 4 is 33.1 Å². The third kappa shape index (κ3) is 3.54. The van der Waals surface area contributed by atoms with E-state index in [1.165, 1.54) is 11.4 Å². The highest BCUT2D eigenvalue weighted by atomic mass is 32.2. The highest BCUT2D eigenvalue weighted by Crippen LogP contribution is 2.21. The van der Waals surface area contributed by atoms with Crippen molar-refractivity contribution < 1.29 is 23.1 Å². The SMILES string of the molecule is CCN(CC(=O)O)C(=O)c1csc(S(C)(=O)=O)c1. The molecule has 0 unspecified atom stereocenters. The first-order chi connectivity index (χ1) is 8.25. The van der Waals surface area contributed by atoms with Crippen LogP contribution in [0.4, 0.5) is 0 Å². The Hall–Kier alpha value is -1.41. The van der Waals surface area contributed by atoms with Crippen molar-refractivity contribution in [2.75, 3.05) is 19.3 Å². The van der Waals surface area contributed by atoms with Gasteiger partial charge in [-0.05, 0) is 13.0 Å². The first-order valence-electron chi connectivity index (χ1n) is 5.05. The molecule has 0 saturated carbocycles. The molecule has 100 valence electrons. The van der Waals surface area contributed by atoms with Crippen LogP contribution in [0.1, 0.15) is 17.3 Å². The number of hydrogen-bond donors (Lipinski definition) is 1. The first kappa shape index (κ1) is 14.7. The van der Waals surface area contributed by atoms with Gasteiger partial charge < -0.3 is 10.0 Å². The van der Waals surface area contributed by atoms with Gasteiger partial charge in [-0.15, -0.1) is 11.3 Å². The molecular weight excluding hydrogens is 278 g/mol. The summed E-state index contributed by atoms with van der Waals surface area (Å²) < 4.78 is 22.6. The van der Waals surface area contributed by atoms with E-state index in [1.54, 1.807) is 6.92 Å². The summed E-state index contributed by atoms with van der Waals surface area (Å²) in [7, 11) is -3.34. The molecule has 0 aliphatic rings. The molecular formula is C10H13NO5S2. The predicted octanol–water partition coefficient (Wildman–Crippen LogP) is 0.698. The molecule has 0 aromatic carbocycles. The molecule has 1 heterocycles. The van der Waals surface area contributed by atoms with Crippen LogP contribution in [0, 0.1) is 0 Å². The minimum Gasteiger partial charge on any atom is -0.480 e. The molecule has 0 aliphatic heterocycles. The summed E-state index contributed by atoms with van der Waals surface area (Å²) in [6, 6.07) is 1.27. The summed E-state index contributed by atoms with van der Waals surface area (Å²) in [5, 5.41) is 10.1. The van der Waals surface area contributed by atoms with Crippen LogP contribution in [0.3, 0.4) is 0 Å². The topological polar surface area (TPSA) is 91.8 Å². The summed E-state index contributed by atoms with van der Waals surface area (Å²) in [6.45, 7) is 1.50. The Labute approximate surface area is 109 Å². The molecule has 18 heavy (non-hydrogen) atoms. The fourth-order valence-corrected chi connectivity index (χ4v) is 3.09. The zero-order valence-corrected chi connectivity index (χ0v) is 11.5. The van der Waals surface area contributed by atoms with Gasteiger partial charge in [-0.2, -0.15) is 0 Å². The molecule has 0 aliphatic carbocycles. The number of likely N-dealkylation sites (N-methyl/N-ethyl adjacent to an activating group) is 1. The molecule has 0 bridgehead atoms. The minimum absolute atomic E-state index is 0.0947. The Kier molecular flexibility index (Phi) is 4.47. The smallest absolute Gasteiger partial charge is 0.323 e. The van der Waals surface area contributed by atoms with E-state index in [9.17, 15) is 18.0 Å². The van der Waals surface area contributed by atoms with Gasteiger partial charge in [0.25, 0.3) is 5.91 Å². The van der Waals surface area contributed by atoms with Crippen LogP contribution in [0.5, 0.6) is 0 Å². The summed E-state index contributed by atoms with van der Waals surface area (Å²) >= 11 is 0.949. The highest BCUT2D eigenvalue weighted by Gasteiger charge is 2.20. The van der Waals surface area contributed by atoms with Crippen molar-refractivity contribution in [3.05, 3.63) is 17.0 Å². The van der Waals surface area contributed by atoms with Gasteiger partial charge in [-0.3, -0.25) is 9.59 Å². The Morgan fingerprint density at radius 2 is 2.06 bits per heavy atom. The molecule has 1 aromatic heterocycles. The Balaban J connectivity index is 2.96. The van der Waals surface area contributed by atoms with E-state index >= 15 is 0 Å². The maximum Gasteiger partial charge on any atom is 0.323 e. The van der Waals surface area contributed by atoms with E-state index in [-0.39, 0.29) is 16.3 Å².